The van der Waals surface area contributed by atoms with Crippen LogP contribution >= 0.6 is 0 Å². The monoisotopic (exact) mass is 488 g/mol. The second kappa shape index (κ2) is 11.6. The van der Waals surface area contributed by atoms with Gasteiger partial charge < -0.3 is 20.4 Å². The van der Waals surface area contributed by atoms with E-state index in [1.165, 1.54) is 62.4 Å². The number of piperazine rings is 1. The van der Waals surface area contributed by atoms with Crippen molar-refractivity contribution < 1.29 is 0 Å². The first-order valence-corrected chi connectivity index (χ1v) is 13.1. The van der Waals surface area contributed by atoms with Gasteiger partial charge in [0.25, 0.3) is 5.56 Å². The van der Waals surface area contributed by atoms with E-state index in [4.69, 9.17) is 4.98 Å². The van der Waals surface area contributed by atoms with Gasteiger partial charge in [0.15, 0.2) is 0 Å². The summed E-state index contributed by atoms with van der Waals surface area (Å²) < 4.78 is 1.61. The number of nitrogens with zero attached hydrogens (tertiary/aromatic N) is 6. The quantitative estimate of drug-likeness (QED) is 0.579. The van der Waals surface area contributed by atoms with Crippen molar-refractivity contribution in [1.82, 2.24) is 30.2 Å². The third kappa shape index (κ3) is 5.74. The molecule has 1 aromatic carbocycles. The van der Waals surface area contributed by atoms with Crippen LogP contribution in [-0.4, -0.2) is 65.3 Å². The minimum Gasteiger partial charge on any atom is -0.372 e. The predicted molar refractivity (Wildman–Crippen MR) is 143 cm³/mol. The highest BCUT2D eigenvalue weighted by Gasteiger charge is 2.24. The Morgan fingerprint density at radius 1 is 0.889 bits per heavy atom. The van der Waals surface area contributed by atoms with Crippen LogP contribution in [0.5, 0.6) is 0 Å². The van der Waals surface area contributed by atoms with Crippen molar-refractivity contribution in [2.45, 2.75) is 31.7 Å². The van der Waals surface area contributed by atoms with Gasteiger partial charge in [-0.25, -0.2) is 15.0 Å². The van der Waals surface area contributed by atoms with E-state index in [0.29, 0.717) is 17.3 Å². The van der Waals surface area contributed by atoms with Crippen LogP contribution in [0.25, 0.3) is 11.4 Å². The lowest BCUT2D eigenvalue weighted by Crippen LogP contribution is -2.47. The first-order chi connectivity index (χ1) is 17.7. The molecule has 3 saturated heterocycles. The van der Waals surface area contributed by atoms with Crippen molar-refractivity contribution >= 4 is 11.6 Å². The molecule has 9 nitrogen and oxygen atoms in total. The number of hydrogen-bond donors (Lipinski definition) is 2. The second-order valence-electron chi connectivity index (χ2n) is 9.63. The van der Waals surface area contributed by atoms with Gasteiger partial charge in [0, 0.05) is 63.8 Å². The molecule has 3 aliphatic heterocycles. The summed E-state index contributed by atoms with van der Waals surface area (Å²) in [6.07, 6.45) is 8.47. The summed E-state index contributed by atoms with van der Waals surface area (Å²) in [6, 6.07) is 12.4. The van der Waals surface area contributed by atoms with Gasteiger partial charge in [-0.05, 0) is 62.5 Å². The predicted octanol–water partition coefficient (Wildman–Crippen LogP) is 2.36. The van der Waals surface area contributed by atoms with Crippen LogP contribution in [-0.2, 0) is 7.05 Å². The molecule has 36 heavy (non-hydrogen) atoms. The van der Waals surface area contributed by atoms with E-state index >= 15 is 0 Å². The molecule has 9 heteroatoms. The summed E-state index contributed by atoms with van der Waals surface area (Å²) in [5.41, 5.74) is 3.69. The van der Waals surface area contributed by atoms with Crippen LogP contribution in [0.2, 0.25) is 0 Å². The molecule has 0 saturated carbocycles. The summed E-state index contributed by atoms with van der Waals surface area (Å²) in [5, 5.41) is 6.84. The van der Waals surface area contributed by atoms with Gasteiger partial charge in [-0.3, -0.25) is 9.36 Å². The van der Waals surface area contributed by atoms with Crippen LogP contribution < -0.4 is 26.0 Å². The lowest BCUT2D eigenvalue weighted by molar-refractivity contribution is 0.462. The van der Waals surface area contributed by atoms with E-state index in [2.05, 4.69) is 54.7 Å². The maximum atomic E-state index is 12.6. The van der Waals surface area contributed by atoms with Gasteiger partial charge >= 0.3 is 0 Å². The van der Waals surface area contributed by atoms with Crippen LogP contribution in [0, 0.1) is 0 Å². The van der Waals surface area contributed by atoms with Gasteiger partial charge in [-0.2, -0.15) is 0 Å². The zero-order valence-corrected chi connectivity index (χ0v) is 21.1. The number of rotatable bonds is 4. The zero-order valence-electron chi connectivity index (χ0n) is 21.1. The average Bonchev–Trinajstić information content (AvgIpc) is 3.69. The van der Waals surface area contributed by atoms with Crippen molar-refractivity contribution in [2.75, 3.05) is 55.6 Å². The van der Waals surface area contributed by atoms with E-state index in [-0.39, 0.29) is 11.6 Å². The molecule has 6 rings (SSSR count). The van der Waals surface area contributed by atoms with Crippen LogP contribution in [0.1, 0.15) is 37.3 Å². The highest BCUT2D eigenvalue weighted by molar-refractivity contribution is 5.55. The Hall–Kier alpha value is -3.30. The average molecular weight is 489 g/mol. The fraction of sp³-hybridized carbons (Fsp3) is 0.481. The second-order valence-corrected chi connectivity index (χ2v) is 9.63. The molecule has 5 heterocycles. The molecule has 3 fully saturated rings. The molecular weight excluding hydrogens is 452 g/mol. The first kappa shape index (κ1) is 24.4. The third-order valence-corrected chi connectivity index (χ3v) is 7.14. The highest BCUT2D eigenvalue weighted by Crippen LogP contribution is 2.26. The van der Waals surface area contributed by atoms with Gasteiger partial charge in [0.1, 0.15) is 6.33 Å². The molecule has 2 N–H and O–H groups in total. The Morgan fingerprint density at radius 3 is 2.33 bits per heavy atom. The molecular formula is C27H36N8O. The number of nitrogens with one attached hydrogen (secondary N) is 2. The highest BCUT2D eigenvalue weighted by atomic mass is 16.1. The van der Waals surface area contributed by atoms with Crippen molar-refractivity contribution in [3.05, 3.63) is 64.8 Å². The van der Waals surface area contributed by atoms with Crippen LogP contribution in [0.3, 0.4) is 0 Å². The van der Waals surface area contributed by atoms with Gasteiger partial charge in [-0.1, -0.05) is 12.1 Å². The lowest BCUT2D eigenvalue weighted by Gasteiger charge is -2.35. The van der Waals surface area contributed by atoms with Gasteiger partial charge in [-0.15, -0.1) is 0 Å². The summed E-state index contributed by atoms with van der Waals surface area (Å²) in [4.78, 5) is 30.2. The Balaban J connectivity index is 0.000000477. The molecule has 190 valence electrons. The van der Waals surface area contributed by atoms with Crippen molar-refractivity contribution in [1.29, 1.82) is 0 Å². The fourth-order valence-electron chi connectivity index (χ4n) is 5.06. The molecule has 2 aromatic heterocycles. The SMILES string of the molecule is C1CCNC1.Cn1c(N2CCN[C@@H](c3ccc(N4CCCC4)cc3)C2)nc(-c2ccncn2)cc1=O. The Labute approximate surface area is 212 Å². The summed E-state index contributed by atoms with van der Waals surface area (Å²) in [6.45, 7) is 7.16. The Bertz CT molecular complexity index is 1160. The number of anilines is 2. The Morgan fingerprint density at radius 2 is 1.67 bits per heavy atom. The van der Waals surface area contributed by atoms with Gasteiger partial charge in [0.05, 0.1) is 11.4 Å². The fourth-order valence-corrected chi connectivity index (χ4v) is 5.06. The molecule has 0 radical (unpaired) electrons. The third-order valence-electron chi connectivity index (χ3n) is 7.14. The topological polar surface area (TPSA) is 91.2 Å². The van der Waals surface area contributed by atoms with Crippen LogP contribution in [0.15, 0.2) is 53.7 Å². The zero-order chi connectivity index (χ0) is 24.7. The summed E-state index contributed by atoms with van der Waals surface area (Å²) in [7, 11) is 1.77. The number of benzene rings is 1. The standard InChI is InChI=1S/C23H27N7O.C4H9N/c1-28-22(31)14-20(19-8-9-24-16-26-19)27-23(28)30-13-10-25-21(15-30)17-4-6-18(7-5-17)29-11-2-3-12-29;1-2-4-5-3-1/h4-9,14,16,21,25H,2-3,10-13,15H2,1H3;5H,1-4H2/t21-;/m1./s1. The lowest BCUT2D eigenvalue weighted by atomic mass is 10.0. The van der Waals surface area contributed by atoms with E-state index in [9.17, 15) is 4.79 Å². The smallest absolute Gasteiger partial charge is 0.255 e. The summed E-state index contributed by atoms with van der Waals surface area (Å²) >= 11 is 0. The van der Waals surface area contributed by atoms with Gasteiger partial charge in [0.2, 0.25) is 5.95 Å². The first-order valence-electron chi connectivity index (χ1n) is 13.1. The molecule has 0 unspecified atom stereocenters. The number of aromatic nitrogens is 4. The van der Waals surface area contributed by atoms with E-state index in [0.717, 1.165) is 32.7 Å². The molecule has 0 amide bonds. The van der Waals surface area contributed by atoms with Crippen molar-refractivity contribution in [2.24, 2.45) is 7.05 Å². The largest absolute Gasteiger partial charge is 0.372 e. The Kier molecular flexibility index (Phi) is 7.88. The minimum absolute atomic E-state index is 0.0938. The van der Waals surface area contributed by atoms with E-state index in [1.54, 1.807) is 23.9 Å². The molecule has 0 spiro atoms. The maximum Gasteiger partial charge on any atom is 0.255 e. The van der Waals surface area contributed by atoms with Crippen molar-refractivity contribution in [3.63, 3.8) is 0 Å². The van der Waals surface area contributed by atoms with Crippen LogP contribution in [0.4, 0.5) is 11.6 Å². The number of hydrogen-bond acceptors (Lipinski definition) is 8. The molecule has 3 aliphatic rings. The normalized spacial score (nSPS) is 19.8. The molecule has 1 atom stereocenters. The molecule has 0 aliphatic carbocycles. The van der Waals surface area contributed by atoms with E-state index in [1.807, 2.05) is 0 Å². The van der Waals surface area contributed by atoms with E-state index < -0.39 is 0 Å². The maximum absolute atomic E-state index is 12.6. The summed E-state index contributed by atoms with van der Waals surface area (Å²) in [5.74, 6) is 0.668. The molecule has 0 bridgehead atoms. The minimum atomic E-state index is -0.0938. The molecule has 3 aromatic rings. The van der Waals surface area contributed by atoms with Crippen molar-refractivity contribution in [3.8, 4) is 11.4 Å².